The van der Waals surface area contributed by atoms with Crippen LogP contribution in [0.1, 0.15) is 0 Å². The van der Waals surface area contributed by atoms with Crippen molar-refractivity contribution in [3.8, 4) is 0 Å². The van der Waals surface area contributed by atoms with E-state index in [4.69, 9.17) is 0 Å². The topological polar surface area (TPSA) is 65.1 Å². The summed E-state index contributed by atoms with van der Waals surface area (Å²) in [5, 5.41) is 0. The van der Waals surface area contributed by atoms with Crippen LogP contribution in [0.4, 0.5) is 26.3 Å². The van der Waals surface area contributed by atoms with Gasteiger partial charge in [-0.1, -0.05) is 0 Å². The Kier molecular flexibility index (Phi) is 7.17. The lowest BCUT2D eigenvalue weighted by Crippen LogP contribution is -2.38. The number of hydrogen-bond donors (Lipinski definition) is 0. The molecule has 0 saturated heterocycles. The number of halogens is 6. The van der Waals surface area contributed by atoms with Crippen LogP contribution in [0, 0.1) is 0 Å². The van der Waals surface area contributed by atoms with Crippen LogP contribution >= 0.6 is 0 Å². The van der Waals surface area contributed by atoms with Crippen molar-refractivity contribution in [2.75, 3.05) is 33.4 Å². The van der Waals surface area contributed by atoms with E-state index in [1.807, 2.05) is 0 Å². The van der Waals surface area contributed by atoms with Gasteiger partial charge in [0.15, 0.2) is 0 Å². The highest BCUT2D eigenvalue weighted by Crippen LogP contribution is 2.17. The summed E-state index contributed by atoms with van der Waals surface area (Å²) in [5.41, 5.74) is 0. The van der Waals surface area contributed by atoms with Crippen molar-refractivity contribution >= 4 is 10.3 Å². The summed E-state index contributed by atoms with van der Waals surface area (Å²) in [5.74, 6) is 0. The van der Waals surface area contributed by atoms with E-state index in [1.54, 1.807) is 0 Å². The van der Waals surface area contributed by atoms with Gasteiger partial charge in [0.25, 0.3) is 0 Å². The third kappa shape index (κ3) is 9.30. The number of hydrogen-bond acceptors (Lipinski definition) is 5. The first-order valence-electron chi connectivity index (χ1n) is 4.84. The van der Waals surface area contributed by atoms with Crippen molar-refractivity contribution in [3.05, 3.63) is 0 Å². The molecule has 0 aliphatic heterocycles. The lowest BCUT2D eigenvalue weighted by atomic mass is 10.6. The lowest BCUT2D eigenvalue weighted by Gasteiger charge is -2.20. The fraction of sp³-hybridized carbons (Fsp3) is 1.00. The predicted octanol–water partition coefficient (Wildman–Crippen LogP) is 1.25. The van der Waals surface area contributed by atoms with Crippen molar-refractivity contribution in [1.82, 2.24) is 4.31 Å². The Morgan fingerprint density at radius 2 is 1.25 bits per heavy atom. The summed E-state index contributed by atoms with van der Waals surface area (Å²) < 4.78 is 104. The molecule has 0 saturated carbocycles. The minimum atomic E-state index is -4.98. The third-order valence-corrected chi connectivity index (χ3v) is 3.16. The molecule has 6 nitrogen and oxygen atoms in total. The average molecular weight is 335 g/mol. The highest BCUT2D eigenvalue weighted by atomic mass is 32.2. The molecule has 122 valence electrons. The summed E-state index contributed by atoms with van der Waals surface area (Å²) >= 11 is 0. The van der Waals surface area contributed by atoms with Gasteiger partial charge in [-0.2, -0.15) is 12.7 Å². The lowest BCUT2D eigenvalue weighted by molar-refractivity contribution is -0.326. The Morgan fingerprint density at radius 1 is 0.900 bits per heavy atom. The van der Waals surface area contributed by atoms with Crippen LogP contribution in [0.15, 0.2) is 0 Å². The van der Waals surface area contributed by atoms with Gasteiger partial charge >= 0.3 is 23.0 Å². The number of rotatable bonds is 8. The highest BCUT2D eigenvalue weighted by molar-refractivity contribution is 7.84. The van der Waals surface area contributed by atoms with Gasteiger partial charge in [-0.3, -0.25) is 13.7 Å². The van der Waals surface area contributed by atoms with E-state index < -0.39 is 49.3 Å². The summed E-state index contributed by atoms with van der Waals surface area (Å²) in [6.45, 7) is -3.90. The van der Waals surface area contributed by atoms with Crippen molar-refractivity contribution < 1.29 is 48.4 Å². The summed E-state index contributed by atoms with van der Waals surface area (Å²) in [7, 11) is -3.75. The summed E-state index contributed by atoms with van der Waals surface area (Å²) in [4.78, 5) is 0. The first kappa shape index (κ1) is 19.4. The van der Waals surface area contributed by atoms with Gasteiger partial charge in [-0.05, 0) is 0 Å². The van der Waals surface area contributed by atoms with Gasteiger partial charge < -0.3 is 0 Å². The maximum atomic E-state index is 11.7. The van der Waals surface area contributed by atoms with Crippen LogP contribution in [0.5, 0.6) is 0 Å². The Hall–Kier alpha value is -0.630. The van der Waals surface area contributed by atoms with Gasteiger partial charge in [0, 0.05) is 13.1 Å². The summed E-state index contributed by atoms with van der Waals surface area (Å²) in [6, 6.07) is 0. The Morgan fingerprint density at radius 3 is 1.50 bits per heavy atom. The van der Waals surface area contributed by atoms with Gasteiger partial charge in [0.2, 0.25) is 0 Å². The van der Waals surface area contributed by atoms with E-state index in [2.05, 4.69) is 13.7 Å². The highest BCUT2D eigenvalue weighted by Gasteiger charge is 2.32. The molecule has 0 heterocycles. The van der Waals surface area contributed by atoms with E-state index in [-0.39, 0.29) is 4.31 Å². The largest absolute Gasteiger partial charge is 0.522 e. The molecule has 13 heteroatoms. The summed E-state index contributed by atoms with van der Waals surface area (Å²) in [6.07, 6.45) is -9.96. The molecule has 0 atom stereocenters. The number of ether oxygens (including phenoxy) is 2. The Bertz CT molecular complexity index is 360. The van der Waals surface area contributed by atoms with Crippen molar-refractivity contribution in [2.24, 2.45) is 0 Å². The van der Waals surface area contributed by atoms with Crippen molar-refractivity contribution in [2.45, 2.75) is 12.7 Å². The third-order valence-electron chi connectivity index (χ3n) is 1.74. The maximum Gasteiger partial charge on any atom is 0.522 e. The molecule has 0 unspecified atom stereocenters. The van der Waals surface area contributed by atoms with Crippen LogP contribution in [0.3, 0.4) is 0 Å². The molecule has 0 N–H and O–H groups in total. The standard InChI is InChI=1S/C7H11F6NO5S/c1-17-20(15,16)14(2-4-18-6(8,9)10)3-5-19-7(11,12)13/h2-5H2,1H3. The molecule has 0 aliphatic rings. The van der Waals surface area contributed by atoms with E-state index in [0.717, 1.165) is 0 Å². The Labute approximate surface area is 110 Å². The number of nitrogens with zero attached hydrogens (tertiary/aromatic N) is 1. The quantitative estimate of drug-likeness (QED) is 0.625. The smallest absolute Gasteiger partial charge is 0.291 e. The first-order valence-corrected chi connectivity index (χ1v) is 6.21. The van der Waals surface area contributed by atoms with E-state index in [9.17, 15) is 34.8 Å². The molecule has 0 aromatic rings. The fourth-order valence-corrected chi connectivity index (χ4v) is 1.77. The number of alkyl halides is 6. The monoisotopic (exact) mass is 335 g/mol. The van der Waals surface area contributed by atoms with Gasteiger partial charge in [0.1, 0.15) is 0 Å². The minimum Gasteiger partial charge on any atom is -0.291 e. The molecule has 0 fully saturated rings. The second-order valence-corrected chi connectivity index (χ2v) is 4.82. The first-order chi connectivity index (χ1) is 8.87. The molecule has 0 spiro atoms. The minimum absolute atomic E-state index is 0.227. The molecule has 0 aromatic heterocycles. The van der Waals surface area contributed by atoms with Crippen LogP contribution < -0.4 is 0 Å². The van der Waals surface area contributed by atoms with E-state index in [1.165, 1.54) is 0 Å². The molecule has 0 bridgehead atoms. The zero-order chi connectivity index (χ0) is 16.0. The average Bonchev–Trinajstić information content (AvgIpc) is 2.23. The predicted molar refractivity (Wildman–Crippen MR) is 51.5 cm³/mol. The molecular formula is C7H11F6NO5S. The molecule has 20 heavy (non-hydrogen) atoms. The second-order valence-electron chi connectivity index (χ2n) is 3.11. The molecule has 0 amide bonds. The van der Waals surface area contributed by atoms with Crippen LogP contribution in [-0.4, -0.2) is 58.9 Å². The molecule has 0 rings (SSSR count). The van der Waals surface area contributed by atoms with Crippen LogP contribution in [-0.2, 0) is 24.0 Å². The normalized spacial score (nSPS) is 14.0. The SMILES string of the molecule is COS(=O)(=O)N(CCOC(F)(F)F)CCOC(F)(F)F. The van der Waals surface area contributed by atoms with Crippen LogP contribution in [0.25, 0.3) is 0 Å². The molecule has 0 aromatic carbocycles. The Balaban J connectivity index is 4.45. The van der Waals surface area contributed by atoms with Gasteiger partial charge in [-0.15, -0.1) is 26.3 Å². The zero-order valence-corrected chi connectivity index (χ0v) is 10.8. The van der Waals surface area contributed by atoms with Crippen molar-refractivity contribution in [1.29, 1.82) is 0 Å². The maximum absolute atomic E-state index is 11.7. The van der Waals surface area contributed by atoms with E-state index >= 15 is 0 Å². The van der Waals surface area contributed by atoms with Crippen LogP contribution in [0.2, 0.25) is 0 Å². The van der Waals surface area contributed by atoms with E-state index in [0.29, 0.717) is 7.11 Å². The van der Waals surface area contributed by atoms with Gasteiger partial charge in [-0.25, -0.2) is 0 Å². The molecule has 0 radical (unpaired) electrons. The van der Waals surface area contributed by atoms with Crippen molar-refractivity contribution in [3.63, 3.8) is 0 Å². The van der Waals surface area contributed by atoms with Gasteiger partial charge in [0.05, 0.1) is 20.3 Å². The zero-order valence-electron chi connectivity index (χ0n) is 9.99. The molecular weight excluding hydrogens is 324 g/mol. The second kappa shape index (κ2) is 7.40. The fourth-order valence-electron chi connectivity index (χ4n) is 0.967. The molecule has 0 aliphatic carbocycles.